The highest BCUT2D eigenvalue weighted by molar-refractivity contribution is 5.87. The average molecular weight is 251 g/mol. The van der Waals surface area contributed by atoms with Crippen molar-refractivity contribution < 1.29 is 19.1 Å². The third kappa shape index (κ3) is 2.13. The molecule has 2 rings (SSSR count). The molecule has 1 saturated heterocycles. The van der Waals surface area contributed by atoms with Crippen molar-refractivity contribution in [1.29, 1.82) is 0 Å². The van der Waals surface area contributed by atoms with Crippen molar-refractivity contribution >= 4 is 11.9 Å². The number of carbonyl (C=O) groups is 2. The van der Waals surface area contributed by atoms with E-state index in [9.17, 15) is 14.4 Å². The molecule has 6 nitrogen and oxygen atoms in total. The molecule has 6 heteroatoms. The Morgan fingerprint density at radius 1 is 1.56 bits per heavy atom. The molecular weight excluding hydrogens is 238 g/mol. The lowest BCUT2D eigenvalue weighted by atomic mass is 10.1. The smallest absolute Gasteiger partial charge is 0.338 e. The van der Waals surface area contributed by atoms with Gasteiger partial charge in [0.2, 0.25) is 5.91 Å². The molecule has 1 aromatic rings. The van der Waals surface area contributed by atoms with E-state index >= 15 is 0 Å². The van der Waals surface area contributed by atoms with Crippen molar-refractivity contribution in [3.8, 4) is 0 Å². The molecule has 1 aliphatic rings. The standard InChI is InChI=1S/C12H13NO5/c1-7-8(4-5-18-12(7)17)6-13-9(11(15)16)2-3-10(13)14/h4-5,9H,2-3,6H2,1H3,(H,15,16). The second-order valence-corrected chi connectivity index (χ2v) is 4.27. The van der Waals surface area contributed by atoms with Gasteiger partial charge >= 0.3 is 11.6 Å². The van der Waals surface area contributed by atoms with Gasteiger partial charge < -0.3 is 14.4 Å². The molecule has 1 unspecified atom stereocenters. The fraction of sp³-hybridized carbons (Fsp3) is 0.417. The monoisotopic (exact) mass is 251 g/mol. The van der Waals surface area contributed by atoms with Gasteiger partial charge in [0.1, 0.15) is 6.04 Å². The number of aliphatic carboxylic acids is 1. The highest BCUT2D eigenvalue weighted by Gasteiger charge is 2.36. The average Bonchev–Trinajstić information content (AvgIpc) is 2.67. The lowest BCUT2D eigenvalue weighted by molar-refractivity contribution is -0.146. The van der Waals surface area contributed by atoms with Gasteiger partial charge in [0, 0.05) is 18.5 Å². The first-order chi connectivity index (χ1) is 8.50. The summed E-state index contributed by atoms with van der Waals surface area (Å²) >= 11 is 0. The van der Waals surface area contributed by atoms with Gasteiger partial charge in [-0.25, -0.2) is 9.59 Å². The van der Waals surface area contributed by atoms with E-state index in [4.69, 9.17) is 5.11 Å². The summed E-state index contributed by atoms with van der Waals surface area (Å²) in [7, 11) is 0. The number of rotatable bonds is 3. The van der Waals surface area contributed by atoms with Gasteiger partial charge in [-0.15, -0.1) is 0 Å². The first-order valence-corrected chi connectivity index (χ1v) is 5.60. The number of nitrogens with zero attached hydrogens (tertiary/aromatic N) is 1. The van der Waals surface area contributed by atoms with Crippen LogP contribution in [0, 0.1) is 6.92 Å². The SMILES string of the molecule is Cc1c(CN2C(=O)CCC2C(=O)O)ccoc1=O. The van der Waals surface area contributed by atoms with E-state index in [1.54, 1.807) is 13.0 Å². The van der Waals surface area contributed by atoms with Gasteiger partial charge in [0.25, 0.3) is 0 Å². The normalized spacial score (nSPS) is 19.3. The Kier molecular flexibility index (Phi) is 3.18. The van der Waals surface area contributed by atoms with Crippen LogP contribution in [0.2, 0.25) is 0 Å². The molecule has 1 atom stereocenters. The molecule has 1 aromatic heterocycles. The Morgan fingerprint density at radius 2 is 2.28 bits per heavy atom. The van der Waals surface area contributed by atoms with Crippen molar-refractivity contribution in [1.82, 2.24) is 4.90 Å². The van der Waals surface area contributed by atoms with Gasteiger partial charge in [-0.05, 0) is 25.0 Å². The molecule has 2 heterocycles. The zero-order valence-corrected chi connectivity index (χ0v) is 9.88. The van der Waals surface area contributed by atoms with E-state index < -0.39 is 17.6 Å². The second kappa shape index (κ2) is 4.64. The van der Waals surface area contributed by atoms with Crippen LogP contribution >= 0.6 is 0 Å². The zero-order chi connectivity index (χ0) is 13.3. The Morgan fingerprint density at radius 3 is 2.94 bits per heavy atom. The predicted octanol–water partition coefficient (Wildman–Crippen LogP) is 0.524. The van der Waals surface area contributed by atoms with E-state index in [-0.39, 0.29) is 18.9 Å². The number of hydrogen-bond acceptors (Lipinski definition) is 4. The molecule has 1 aliphatic heterocycles. The maximum absolute atomic E-state index is 11.7. The van der Waals surface area contributed by atoms with Gasteiger partial charge in [-0.3, -0.25) is 4.79 Å². The van der Waals surface area contributed by atoms with Crippen LogP contribution in [0.25, 0.3) is 0 Å². The van der Waals surface area contributed by atoms with Gasteiger partial charge in [0.05, 0.1) is 6.26 Å². The first-order valence-electron chi connectivity index (χ1n) is 5.60. The van der Waals surface area contributed by atoms with Crippen LogP contribution in [0.4, 0.5) is 0 Å². The summed E-state index contributed by atoms with van der Waals surface area (Å²) in [6.45, 7) is 1.73. The van der Waals surface area contributed by atoms with Gasteiger partial charge in [-0.2, -0.15) is 0 Å². The Balaban J connectivity index is 2.27. The minimum absolute atomic E-state index is 0.132. The summed E-state index contributed by atoms with van der Waals surface area (Å²) < 4.78 is 4.69. The molecule has 96 valence electrons. The summed E-state index contributed by atoms with van der Waals surface area (Å²) in [6.07, 6.45) is 1.80. The van der Waals surface area contributed by atoms with Crippen LogP contribution in [0.3, 0.4) is 0 Å². The summed E-state index contributed by atoms with van der Waals surface area (Å²) in [5.41, 5.74) is 0.556. The maximum atomic E-state index is 11.7. The van der Waals surface area contributed by atoms with E-state index in [0.29, 0.717) is 17.5 Å². The van der Waals surface area contributed by atoms with Crippen molar-refractivity contribution in [2.45, 2.75) is 32.4 Å². The number of hydrogen-bond donors (Lipinski definition) is 1. The molecule has 0 aromatic carbocycles. The minimum atomic E-state index is -1.01. The van der Waals surface area contributed by atoms with Gasteiger partial charge in [0.15, 0.2) is 0 Å². The first kappa shape index (κ1) is 12.3. The molecular formula is C12H13NO5. The van der Waals surface area contributed by atoms with Crippen molar-refractivity contribution in [3.05, 3.63) is 33.9 Å². The molecule has 0 aliphatic carbocycles. The van der Waals surface area contributed by atoms with Crippen LogP contribution in [-0.4, -0.2) is 27.9 Å². The Bertz CT molecular complexity index is 548. The topological polar surface area (TPSA) is 87.8 Å². The Labute approximate surface area is 103 Å². The molecule has 0 radical (unpaired) electrons. The number of carboxylic acid groups (broad SMARTS) is 1. The number of carboxylic acids is 1. The predicted molar refractivity (Wildman–Crippen MR) is 60.9 cm³/mol. The van der Waals surface area contributed by atoms with E-state index in [1.165, 1.54) is 11.2 Å². The zero-order valence-electron chi connectivity index (χ0n) is 9.88. The minimum Gasteiger partial charge on any atom is -0.480 e. The van der Waals surface area contributed by atoms with Crippen molar-refractivity contribution in [2.24, 2.45) is 0 Å². The summed E-state index contributed by atoms with van der Waals surface area (Å²) in [4.78, 5) is 35.3. The lowest BCUT2D eigenvalue weighted by Gasteiger charge is -2.22. The third-order valence-electron chi connectivity index (χ3n) is 3.19. The van der Waals surface area contributed by atoms with Crippen LogP contribution in [0.15, 0.2) is 21.5 Å². The molecule has 1 fully saturated rings. The van der Waals surface area contributed by atoms with Crippen LogP contribution in [0.1, 0.15) is 24.0 Å². The van der Waals surface area contributed by atoms with E-state index in [1.807, 2.05) is 0 Å². The van der Waals surface area contributed by atoms with Crippen molar-refractivity contribution in [3.63, 3.8) is 0 Å². The number of amides is 1. The highest BCUT2D eigenvalue weighted by Crippen LogP contribution is 2.22. The number of carbonyl (C=O) groups excluding carboxylic acids is 1. The quantitative estimate of drug-likeness (QED) is 0.846. The van der Waals surface area contributed by atoms with E-state index in [2.05, 4.69) is 4.42 Å². The van der Waals surface area contributed by atoms with Crippen LogP contribution in [0.5, 0.6) is 0 Å². The lowest BCUT2D eigenvalue weighted by Crippen LogP contribution is -2.38. The van der Waals surface area contributed by atoms with Crippen LogP contribution in [-0.2, 0) is 16.1 Å². The third-order valence-corrected chi connectivity index (χ3v) is 3.19. The Hall–Kier alpha value is -2.11. The fourth-order valence-corrected chi connectivity index (χ4v) is 2.07. The van der Waals surface area contributed by atoms with E-state index in [0.717, 1.165) is 0 Å². The van der Waals surface area contributed by atoms with Crippen molar-refractivity contribution in [2.75, 3.05) is 0 Å². The molecule has 0 spiro atoms. The highest BCUT2D eigenvalue weighted by atomic mass is 16.4. The molecule has 18 heavy (non-hydrogen) atoms. The summed E-state index contributed by atoms with van der Waals surface area (Å²) in [6, 6.07) is 0.783. The molecule has 1 N–H and O–H groups in total. The number of likely N-dealkylation sites (tertiary alicyclic amines) is 1. The fourth-order valence-electron chi connectivity index (χ4n) is 2.07. The largest absolute Gasteiger partial charge is 0.480 e. The van der Waals surface area contributed by atoms with Crippen LogP contribution < -0.4 is 5.63 Å². The summed E-state index contributed by atoms with van der Waals surface area (Å²) in [5.74, 6) is -1.21. The molecule has 1 amide bonds. The summed E-state index contributed by atoms with van der Waals surface area (Å²) in [5, 5.41) is 9.03. The molecule has 0 saturated carbocycles. The maximum Gasteiger partial charge on any atom is 0.338 e. The van der Waals surface area contributed by atoms with Gasteiger partial charge in [-0.1, -0.05) is 0 Å². The molecule has 0 bridgehead atoms. The second-order valence-electron chi connectivity index (χ2n) is 4.27.